The number of benzene rings is 5. The van der Waals surface area contributed by atoms with Crippen molar-refractivity contribution in [1.82, 2.24) is 0 Å². The fraction of sp³-hybridized carbons (Fsp3) is 0.257. The van der Waals surface area contributed by atoms with E-state index in [1.165, 1.54) is 54.2 Å². The summed E-state index contributed by atoms with van der Waals surface area (Å²) in [5.41, 5.74) is 3.26. The van der Waals surface area contributed by atoms with Crippen LogP contribution >= 0.6 is 7.92 Å². The Balaban J connectivity index is 1.63. The Bertz CT molecular complexity index is 1690. The molecule has 0 amide bonds. The molecule has 0 saturated carbocycles. The number of allylic oxidation sites excluding steroid dienone is 4. The first kappa shape index (κ1) is 23.4. The van der Waals surface area contributed by atoms with E-state index in [0.29, 0.717) is 5.66 Å². The molecule has 5 aromatic carbocycles. The van der Waals surface area contributed by atoms with Crippen LogP contribution in [-0.4, -0.2) is 16.0 Å². The Morgan fingerprint density at radius 3 is 1.83 bits per heavy atom. The lowest BCUT2D eigenvalue weighted by molar-refractivity contribution is 0.702. The van der Waals surface area contributed by atoms with Crippen LogP contribution in [0.15, 0.2) is 97.1 Å². The van der Waals surface area contributed by atoms with Gasteiger partial charge < -0.3 is 0 Å². The normalized spacial score (nSPS) is 16.6. The summed E-state index contributed by atoms with van der Waals surface area (Å²) in [6.07, 6.45) is 7.47. The Kier molecular flexibility index (Phi) is 5.40. The molecule has 0 heterocycles. The van der Waals surface area contributed by atoms with Gasteiger partial charge in [-0.15, -0.1) is 0 Å². The van der Waals surface area contributed by atoms with Gasteiger partial charge in [-0.05, 0) is 82.7 Å². The minimum absolute atomic E-state index is 0.259. The predicted molar refractivity (Wildman–Crippen MR) is 164 cm³/mol. The minimum atomic E-state index is -0.259. The molecule has 1 aliphatic rings. The average molecular weight is 487 g/mol. The zero-order chi connectivity index (χ0) is 25.2. The number of hydrogen-bond acceptors (Lipinski definition) is 0. The predicted octanol–water partition coefficient (Wildman–Crippen LogP) is 10.7. The molecule has 6 rings (SSSR count). The van der Waals surface area contributed by atoms with E-state index < -0.39 is 0 Å². The van der Waals surface area contributed by atoms with Gasteiger partial charge in [0, 0.05) is 5.66 Å². The molecule has 1 heteroatoms. The summed E-state index contributed by atoms with van der Waals surface area (Å²) in [6.45, 7) is 14.5. The first-order valence-electron chi connectivity index (χ1n) is 13.1. The van der Waals surface area contributed by atoms with Gasteiger partial charge in [0.2, 0.25) is 0 Å². The molecule has 0 aliphatic heterocycles. The molecule has 0 fully saturated rings. The van der Waals surface area contributed by atoms with Crippen LogP contribution in [0.3, 0.4) is 0 Å². The van der Waals surface area contributed by atoms with E-state index in [-0.39, 0.29) is 18.2 Å². The standard InChI is InChI=1S/C35H35P/c1-34(2,3)36(35(4,5)6)28-17-15-27(20-28)33-29-14-10-9-13-25(29)22-32-30(33)18-16-26-19-23-11-7-8-12-24(23)21-31(26)32/h7-22,28H,1-6H3. The summed E-state index contributed by atoms with van der Waals surface area (Å²) in [7, 11) is -0.259. The van der Waals surface area contributed by atoms with Crippen LogP contribution in [0, 0.1) is 0 Å². The molecule has 0 saturated heterocycles. The molecule has 36 heavy (non-hydrogen) atoms. The highest BCUT2D eigenvalue weighted by molar-refractivity contribution is 7.62. The molecule has 0 aromatic heterocycles. The summed E-state index contributed by atoms with van der Waals surface area (Å²) in [4.78, 5) is 0. The molecule has 1 aliphatic carbocycles. The van der Waals surface area contributed by atoms with Crippen molar-refractivity contribution in [3.8, 4) is 0 Å². The summed E-state index contributed by atoms with van der Waals surface area (Å²) in [5.74, 6) is 0. The largest absolute Gasteiger partial charge is 0.0846 e. The van der Waals surface area contributed by atoms with E-state index in [2.05, 4.69) is 139 Å². The van der Waals surface area contributed by atoms with Crippen LogP contribution < -0.4 is 0 Å². The molecule has 0 N–H and O–H groups in total. The Morgan fingerprint density at radius 1 is 0.556 bits per heavy atom. The van der Waals surface area contributed by atoms with Crippen molar-refractivity contribution in [3.63, 3.8) is 0 Å². The maximum absolute atomic E-state index is 2.58. The molecule has 1 atom stereocenters. The van der Waals surface area contributed by atoms with Crippen molar-refractivity contribution >= 4 is 56.6 Å². The molecule has 0 nitrogen and oxygen atoms in total. The SMILES string of the molecule is CC(C)(C)P(C1C=CC(c2c3ccccc3cc3c2ccc2cc4ccccc4cc23)=C1)C(C)(C)C. The maximum Gasteiger partial charge on any atom is 0.0172 e. The molecular formula is C35H35P. The first-order chi connectivity index (χ1) is 17.1. The molecule has 0 spiro atoms. The molecule has 0 radical (unpaired) electrons. The second-order valence-electron chi connectivity index (χ2n) is 12.2. The van der Waals surface area contributed by atoms with E-state index in [1.807, 2.05) is 0 Å². The zero-order valence-corrected chi connectivity index (χ0v) is 23.2. The quantitative estimate of drug-likeness (QED) is 0.132. The third-order valence-corrected chi connectivity index (χ3v) is 11.4. The Morgan fingerprint density at radius 2 is 1.14 bits per heavy atom. The molecule has 0 bridgehead atoms. The lowest BCUT2D eigenvalue weighted by atomic mass is 9.89. The maximum atomic E-state index is 2.58. The smallest absolute Gasteiger partial charge is 0.0172 e. The van der Waals surface area contributed by atoms with Crippen LogP contribution in [0.5, 0.6) is 0 Å². The molecular weight excluding hydrogens is 451 g/mol. The highest BCUT2D eigenvalue weighted by Crippen LogP contribution is 2.64. The molecule has 1 unspecified atom stereocenters. The van der Waals surface area contributed by atoms with Gasteiger partial charge in [0.25, 0.3) is 0 Å². The van der Waals surface area contributed by atoms with E-state index >= 15 is 0 Å². The molecule has 180 valence electrons. The Hall–Kier alpha value is -2.95. The summed E-state index contributed by atoms with van der Waals surface area (Å²) in [6, 6.07) is 29.4. The van der Waals surface area contributed by atoms with Gasteiger partial charge in [-0.3, -0.25) is 0 Å². The van der Waals surface area contributed by atoms with Crippen molar-refractivity contribution in [2.24, 2.45) is 0 Å². The fourth-order valence-corrected chi connectivity index (χ4v) is 11.0. The van der Waals surface area contributed by atoms with Crippen molar-refractivity contribution in [2.75, 3.05) is 0 Å². The summed E-state index contributed by atoms with van der Waals surface area (Å²) < 4.78 is 0. The number of hydrogen-bond donors (Lipinski definition) is 0. The minimum Gasteiger partial charge on any atom is -0.0846 e. The average Bonchev–Trinajstić information content (AvgIpc) is 3.27. The van der Waals surface area contributed by atoms with Crippen LogP contribution in [0.1, 0.15) is 47.1 Å². The van der Waals surface area contributed by atoms with Crippen molar-refractivity contribution in [1.29, 1.82) is 0 Å². The van der Waals surface area contributed by atoms with Gasteiger partial charge in [-0.2, -0.15) is 0 Å². The zero-order valence-electron chi connectivity index (χ0n) is 22.3. The number of fused-ring (bicyclic) bond motifs is 5. The van der Waals surface area contributed by atoms with Crippen LogP contribution in [0.2, 0.25) is 0 Å². The van der Waals surface area contributed by atoms with Gasteiger partial charge in [0.05, 0.1) is 0 Å². The topological polar surface area (TPSA) is 0 Å². The lowest BCUT2D eigenvalue weighted by Crippen LogP contribution is -2.29. The number of rotatable bonds is 2. The van der Waals surface area contributed by atoms with Crippen molar-refractivity contribution in [2.45, 2.75) is 57.5 Å². The lowest BCUT2D eigenvalue weighted by Gasteiger charge is -2.44. The summed E-state index contributed by atoms with van der Waals surface area (Å²) in [5, 5.41) is 11.2. The van der Waals surface area contributed by atoms with E-state index in [9.17, 15) is 0 Å². The van der Waals surface area contributed by atoms with Gasteiger partial charge >= 0.3 is 0 Å². The van der Waals surface area contributed by atoms with E-state index in [1.54, 1.807) is 0 Å². The summed E-state index contributed by atoms with van der Waals surface area (Å²) >= 11 is 0. The highest BCUT2D eigenvalue weighted by Gasteiger charge is 2.39. The fourth-order valence-electron chi connectivity index (χ4n) is 6.60. The first-order valence-corrected chi connectivity index (χ1v) is 14.5. The monoisotopic (exact) mass is 486 g/mol. The third-order valence-electron chi connectivity index (χ3n) is 7.58. The van der Waals surface area contributed by atoms with Gasteiger partial charge in [-0.1, -0.05) is 128 Å². The van der Waals surface area contributed by atoms with Gasteiger partial charge in [0.15, 0.2) is 0 Å². The third kappa shape index (κ3) is 3.88. The van der Waals surface area contributed by atoms with E-state index in [4.69, 9.17) is 0 Å². The van der Waals surface area contributed by atoms with Crippen LogP contribution in [0.4, 0.5) is 0 Å². The second-order valence-corrected chi connectivity index (χ2v) is 16.3. The second kappa shape index (κ2) is 8.29. The van der Waals surface area contributed by atoms with Crippen molar-refractivity contribution in [3.05, 3.63) is 103 Å². The van der Waals surface area contributed by atoms with Crippen LogP contribution in [-0.2, 0) is 0 Å². The van der Waals surface area contributed by atoms with Crippen molar-refractivity contribution < 1.29 is 0 Å². The highest BCUT2D eigenvalue weighted by atomic mass is 31.1. The van der Waals surface area contributed by atoms with E-state index in [0.717, 1.165) is 0 Å². The van der Waals surface area contributed by atoms with Gasteiger partial charge in [-0.25, -0.2) is 0 Å². The molecule has 5 aromatic rings. The Labute approximate surface area is 216 Å². The van der Waals surface area contributed by atoms with Gasteiger partial charge in [0.1, 0.15) is 0 Å². The van der Waals surface area contributed by atoms with Crippen LogP contribution in [0.25, 0.3) is 48.7 Å².